The van der Waals surface area contributed by atoms with Crippen LogP contribution in [0.15, 0.2) is 48.5 Å². The summed E-state index contributed by atoms with van der Waals surface area (Å²) in [5.74, 6) is 2.19. The van der Waals surface area contributed by atoms with Gasteiger partial charge in [-0.15, -0.1) is 0 Å². The standard InChI is InChI=1S/C20H20N4O2/c1-23-11-12-24(18(25)13-14-7-9-15(26-2)10-8-14)20-19(23)21-16-5-3-4-6-17(16)22-20/h3-10H,11-13H2,1-2H3. The minimum atomic E-state index is 0.0223. The maximum absolute atomic E-state index is 12.9. The molecule has 4 rings (SSSR count). The molecule has 1 aliphatic heterocycles. The molecule has 1 aliphatic rings. The van der Waals surface area contributed by atoms with Crippen LogP contribution >= 0.6 is 0 Å². The number of aromatic nitrogens is 2. The molecule has 6 heteroatoms. The fourth-order valence-corrected chi connectivity index (χ4v) is 3.14. The normalized spacial score (nSPS) is 13.6. The Kier molecular flexibility index (Phi) is 4.16. The van der Waals surface area contributed by atoms with Gasteiger partial charge in [0.25, 0.3) is 0 Å². The van der Waals surface area contributed by atoms with Crippen LogP contribution in [0.4, 0.5) is 11.6 Å². The number of carbonyl (C=O) groups excluding carboxylic acids is 1. The van der Waals surface area contributed by atoms with Gasteiger partial charge in [0.15, 0.2) is 11.6 Å². The summed E-state index contributed by atoms with van der Waals surface area (Å²) in [6, 6.07) is 15.3. The summed E-state index contributed by atoms with van der Waals surface area (Å²) < 4.78 is 5.17. The third-order valence-electron chi connectivity index (χ3n) is 4.63. The first kappa shape index (κ1) is 16.3. The van der Waals surface area contributed by atoms with Crippen molar-refractivity contribution in [3.63, 3.8) is 0 Å². The largest absolute Gasteiger partial charge is 0.497 e. The van der Waals surface area contributed by atoms with Crippen molar-refractivity contribution in [1.82, 2.24) is 9.97 Å². The number of anilines is 2. The molecular formula is C20H20N4O2. The monoisotopic (exact) mass is 348 g/mol. The van der Waals surface area contributed by atoms with Crippen LogP contribution < -0.4 is 14.5 Å². The fraction of sp³-hybridized carbons (Fsp3) is 0.250. The number of fused-ring (bicyclic) bond motifs is 2. The lowest BCUT2D eigenvalue weighted by Crippen LogP contribution is -2.44. The van der Waals surface area contributed by atoms with Gasteiger partial charge >= 0.3 is 0 Å². The zero-order chi connectivity index (χ0) is 18.1. The van der Waals surface area contributed by atoms with Crippen molar-refractivity contribution in [2.75, 3.05) is 37.0 Å². The van der Waals surface area contributed by atoms with E-state index in [1.165, 1.54) is 0 Å². The lowest BCUT2D eigenvalue weighted by Gasteiger charge is -2.33. The van der Waals surface area contributed by atoms with Crippen LogP contribution in [-0.4, -0.2) is 43.1 Å². The van der Waals surface area contributed by atoms with Crippen LogP contribution in [-0.2, 0) is 11.2 Å². The van der Waals surface area contributed by atoms with Gasteiger partial charge in [0, 0.05) is 20.1 Å². The number of rotatable bonds is 3. The molecule has 2 heterocycles. The summed E-state index contributed by atoms with van der Waals surface area (Å²) in [6.45, 7) is 1.33. The van der Waals surface area contributed by atoms with E-state index in [9.17, 15) is 4.79 Å². The molecule has 6 nitrogen and oxygen atoms in total. The van der Waals surface area contributed by atoms with Crippen molar-refractivity contribution in [3.05, 3.63) is 54.1 Å². The maximum atomic E-state index is 12.9. The molecule has 0 N–H and O–H groups in total. The van der Waals surface area contributed by atoms with Crippen molar-refractivity contribution in [2.24, 2.45) is 0 Å². The van der Waals surface area contributed by atoms with Gasteiger partial charge < -0.3 is 9.64 Å². The summed E-state index contributed by atoms with van der Waals surface area (Å²) in [4.78, 5) is 26.2. The molecule has 0 saturated carbocycles. The van der Waals surface area contributed by atoms with Gasteiger partial charge in [0.1, 0.15) is 5.75 Å². The number of para-hydroxylation sites is 2. The van der Waals surface area contributed by atoms with E-state index in [1.807, 2.05) is 60.5 Å². The van der Waals surface area contributed by atoms with E-state index in [-0.39, 0.29) is 5.91 Å². The molecule has 2 aromatic carbocycles. The van der Waals surface area contributed by atoms with Gasteiger partial charge in [-0.2, -0.15) is 0 Å². The summed E-state index contributed by atoms with van der Waals surface area (Å²) in [5, 5.41) is 0. The van der Waals surface area contributed by atoms with E-state index >= 15 is 0 Å². The molecule has 3 aromatic rings. The molecule has 0 bridgehead atoms. The highest BCUT2D eigenvalue weighted by atomic mass is 16.5. The number of nitrogens with zero attached hydrogens (tertiary/aromatic N) is 4. The zero-order valence-electron chi connectivity index (χ0n) is 14.8. The molecule has 0 saturated heterocycles. The van der Waals surface area contributed by atoms with Crippen molar-refractivity contribution in [2.45, 2.75) is 6.42 Å². The molecule has 0 unspecified atom stereocenters. The summed E-state index contributed by atoms with van der Waals surface area (Å²) >= 11 is 0. The predicted molar refractivity (Wildman–Crippen MR) is 102 cm³/mol. The SMILES string of the molecule is COc1ccc(CC(=O)N2CCN(C)c3nc4ccccc4nc32)cc1. The molecule has 0 aliphatic carbocycles. The van der Waals surface area contributed by atoms with Crippen molar-refractivity contribution in [3.8, 4) is 5.75 Å². The Morgan fingerprint density at radius 3 is 2.31 bits per heavy atom. The quantitative estimate of drug-likeness (QED) is 0.728. The van der Waals surface area contributed by atoms with E-state index in [0.717, 1.165) is 34.7 Å². The number of amides is 1. The van der Waals surface area contributed by atoms with Crippen LogP contribution in [0.2, 0.25) is 0 Å². The highest BCUT2D eigenvalue weighted by molar-refractivity contribution is 5.98. The lowest BCUT2D eigenvalue weighted by atomic mass is 10.1. The van der Waals surface area contributed by atoms with Gasteiger partial charge in [0.05, 0.1) is 24.6 Å². The van der Waals surface area contributed by atoms with Crippen LogP contribution in [0.5, 0.6) is 5.75 Å². The molecule has 1 aromatic heterocycles. The van der Waals surface area contributed by atoms with Crippen molar-refractivity contribution >= 4 is 28.6 Å². The molecule has 0 fully saturated rings. The number of benzene rings is 2. The Morgan fingerprint density at radius 1 is 1.00 bits per heavy atom. The predicted octanol–water partition coefficient (Wildman–Crippen LogP) is 2.66. The summed E-state index contributed by atoms with van der Waals surface area (Å²) in [6.07, 6.45) is 0.321. The Hall–Kier alpha value is -3.15. The van der Waals surface area contributed by atoms with Crippen molar-refractivity contribution in [1.29, 1.82) is 0 Å². The first-order valence-electron chi connectivity index (χ1n) is 8.57. The minimum Gasteiger partial charge on any atom is -0.497 e. The van der Waals surface area contributed by atoms with Gasteiger partial charge in [-0.1, -0.05) is 24.3 Å². The molecule has 26 heavy (non-hydrogen) atoms. The smallest absolute Gasteiger partial charge is 0.232 e. The van der Waals surface area contributed by atoms with E-state index in [1.54, 1.807) is 12.0 Å². The van der Waals surface area contributed by atoms with Crippen LogP contribution in [0, 0.1) is 0 Å². The molecular weight excluding hydrogens is 328 g/mol. The second kappa shape index (κ2) is 6.63. The fourth-order valence-electron chi connectivity index (χ4n) is 3.14. The number of carbonyl (C=O) groups is 1. The van der Waals surface area contributed by atoms with Gasteiger partial charge in [-0.3, -0.25) is 9.69 Å². The first-order valence-corrected chi connectivity index (χ1v) is 8.57. The Morgan fingerprint density at radius 2 is 1.65 bits per heavy atom. The molecule has 0 spiro atoms. The third kappa shape index (κ3) is 2.94. The number of methoxy groups -OCH3 is 1. The highest BCUT2D eigenvalue weighted by Gasteiger charge is 2.28. The van der Waals surface area contributed by atoms with Crippen molar-refractivity contribution < 1.29 is 9.53 Å². The van der Waals surface area contributed by atoms with E-state index < -0.39 is 0 Å². The third-order valence-corrected chi connectivity index (χ3v) is 4.63. The summed E-state index contributed by atoms with van der Waals surface area (Å²) in [5.41, 5.74) is 2.58. The van der Waals surface area contributed by atoms with Crippen LogP contribution in [0.3, 0.4) is 0 Å². The maximum Gasteiger partial charge on any atom is 0.232 e. The average molecular weight is 348 g/mol. The van der Waals surface area contributed by atoms with E-state index in [4.69, 9.17) is 14.7 Å². The van der Waals surface area contributed by atoms with Crippen LogP contribution in [0.1, 0.15) is 5.56 Å². The second-order valence-corrected chi connectivity index (χ2v) is 6.35. The Bertz CT molecular complexity index is 956. The topological polar surface area (TPSA) is 58.6 Å². The second-order valence-electron chi connectivity index (χ2n) is 6.35. The van der Waals surface area contributed by atoms with E-state index in [0.29, 0.717) is 18.8 Å². The van der Waals surface area contributed by atoms with Gasteiger partial charge in [0.2, 0.25) is 5.91 Å². The van der Waals surface area contributed by atoms with Crippen LogP contribution in [0.25, 0.3) is 11.0 Å². The number of hydrogen-bond donors (Lipinski definition) is 0. The molecule has 1 amide bonds. The lowest BCUT2D eigenvalue weighted by molar-refractivity contribution is -0.118. The van der Waals surface area contributed by atoms with Gasteiger partial charge in [-0.05, 0) is 29.8 Å². The van der Waals surface area contributed by atoms with E-state index in [2.05, 4.69) is 0 Å². The number of ether oxygens (including phenoxy) is 1. The summed E-state index contributed by atoms with van der Waals surface area (Å²) in [7, 11) is 3.61. The average Bonchev–Trinajstić information content (AvgIpc) is 2.67. The number of likely N-dealkylation sites (N-methyl/N-ethyl adjacent to an activating group) is 1. The Balaban J connectivity index is 1.66. The van der Waals surface area contributed by atoms with Gasteiger partial charge in [-0.25, -0.2) is 9.97 Å². The first-order chi connectivity index (χ1) is 12.7. The zero-order valence-corrected chi connectivity index (χ0v) is 14.8. The Labute approximate surface area is 152 Å². The number of hydrogen-bond acceptors (Lipinski definition) is 5. The molecule has 0 atom stereocenters. The minimum absolute atomic E-state index is 0.0223. The molecule has 132 valence electrons. The molecule has 0 radical (unpaired) electrons. The highest BCUT2D eigenvalue weighted by Crippen LogP contribution is 2.31.